The molecule has 6 N–H and O–H groups in total. The van der Waals surface area contributed by atoms with E-state index in [2.05, 4.69) is 22.9 Å². The maximum absolute atomic E-state index is 12.3. The van der Waals surface area contributed by atoms with E-state index in [9.17, 15) is 24.0 Å². The lowest BCUT2D eigenvalue weighted by Crippen LogP contribution is -2.53. The van der Waals surface area contributed by atoms with E-state index in [1.54, 1.807) is 6.92 Å². The third kappa shape index (κ3) is 11.7. The van der Waals surface area contributed by atoms with E-state index in [1.807, 2.05) is 0 Å². The van der Waals surface area contributed by atoms with Gasteiger partial charge in [-0.1, -0.05) is 32.6 Å². The topological polar surface area (TPSA) is 177 Å². The van der Waals surface area contributed by atoms with Gasteiger partial charge in [-0.3, -0.25) is 24.0 Å². The second-order valence-electron chi connectivity index (χ2n) is 8.52. The minimum Gasteiger partial charge on any atom is -0.481 e. The summed E-state index contributed by atoms with van der Waals surface area (Å²) < 4.78 is 5.66. The molecule has 11 nitrogen and oxygen atoms in total. The van der Waals surface area contributed by atoms with Crippen molar-refractivity contribution in [3.05, 3.63) is 0 Å². The van der Waals surface area contributed by atoms with Gasteiger partial charge in [0.2, 0.25) is 23.6 Å². The molecular weight excluding hydrogens is 432 g/mol. The number of hydrogen-bond donors (Lipinski definition) is 5. The normalized spacial score (nSPS) is 19.6. The molecule has 0 heterocycles. The van der Waals surface area contributed by atoms with Gasteiger partial charge in [0, 0.05) is 12.8 Å². The number of aliphatic carboxylic acids is 1. The number of unbranched alkanes of at least 4 members (excludes halogenated alkanes) is 4. The van der Waals surface area contributed by atoms with Crippen molar-refractivity contribution in [3.8, 4) is 0 Å². The van der Waals surface area contributed by atoms with Gasteiger partial charge in [-0.15, -0.1) is 0 Å². The molecule has 33 heavy (non-hydrogen) atoms. The zero-order valence-corrected chi connectivity index (χ0v) is 19.7. The molecule has 0 aromatic carbocycles. The minimum absolute atomic E-state index is 0.0168. The molecule has 0 bridgehead atoms. The smallest absolute Gasteiger partial charge is 0.303 e. The first-order valence-corrected chi connectivity index (χ1v) is 11.6. The average Bonchev–Trinajstić information content (AvgIpc) is 3.46. The van der Waals surface area contributed by atoms with Crippen LogP contribution in [0.3, 0.4) is 0 Å². The lowest BCUT2D eigenvalue weighted by Gasteiger charge is -2.20. The summed E-state index contributed by atoms with van der Waals surface area (Å²) >= 11 is 0. The molecule has 5 atom stereocenters. The van der Waals surface area contributed by atoms with E-state index in [0.29, 0.717) is 12.8 Å². The Morgan fingerprint density at radius 3 is 2.27 bits per heavy atom. The van der Waals surface area contributed by atoms with Crippen molar-refractivity contribution in [2.45, 2.75) is 109 Å². The zero-order valence-electron chi connectivity index (χ0n) is 19.7. The third-order valence-electron chi connectivity index (χ3n) is 5.39. The summed E-state index contributed by atoms with van der Waals surface area (Å²) in [6, 6.07) is -2.25. The monoisotopic (exact) mass is 470 g/mol. The summed E-state index contributed by atoms with van der Waals surface area (Å²) in [5.41, 5.74) is 5.19. The molecule has 1 aliphatic carbocycles. The minimum atomic E-state index is -1.15. The maximum atomic E-state index is 12.3. The Morgan fingerprint density at radius 2 is 1.67 bits per heavy atom. The van der Waals surface area contributed by atoms with Gasteiger partial charge in [0.1, 0.15) is 18.2 Å². The molecule has 1 saturated carbocycles. The Bertz CT molecular complexity index is 700. The number of carbonyl (C=O) groups excluding carboxylic acids is 4. The van der Waals surface area contributed by atoms with Gasteiger partial charge >= 0.3 is 5.97 Å². The van der Waals surface area contributed by atoms with Gasteiger partial charge in [-0.2, -0.15) is 0 Å². The van der Waals surface area contributed by atoms with Crippen LogP contribution in [0.1, 0.15) is 78.6 Å². The van der Waals surface area contributed by atoms with Crippen LogP contribution in [0.2, 0.25) is 0 Å². The van der Waals surface area contributed by atoms with Gasteiger partial charge in [-0.05, 0) is 33.1 Å². The Morgan fingerprint density at radius 1 is 1.00 bits per heavy atom. The number of primary amides is 1. The van der Waals surface area contributed by atoms with E-state index in [-0.39, 0.29) is 30.9 Å². The summed E-state index contributed by atoms with van der Waals surface area (Å²) in [5, 5.41) is 16.5. The van der Waals surface area contributed by atoms with Crippen molar-refractivity contribution in [1.82, 2.24) is 16.0 Å². The number of nitrogens with two attached hydrogens (primary N) is 1. The van der Waals surface area contributed by atoms with Gasteiger partial charge in [0.05, 0.1) is 12.1 Å². The number of amides is 4. The fraction of sp³-hybridized carbons (Fsp3) is 0.773. The second kappa shape index (κ2) is 14.5. The van der Waals surface area contributed by atoms with Crippen molar-refractivity contribution in [3.63, 3.8) is 0 Å². The van der Waals surface area contributed by atoms with Crippen LogP contribution in [0.4, 0.5) is 0 Å². The lowest BCUT2D eigenvalue weighted by molar-refractivity contribution is -0.138. The third-order valence-corrected chi connectivity index (χ3v) is 5.39. The van der Waals surface area contributed by atoms with E-state index < -0.39 is 41.9 Å². The molecule has 4 amide bonds. The summed E-state index contributed by atoms with van der Waals surface area (Å²) in [4.78, 5) is 58.6. The van der Waals surface area contributed by atoms with E-state index in [0.717, 1.165) is 25.7 Å². The van der Waals surface area contributed by atoms with Crippen LogP contribution in [-0.4, -0.2) is 65.0 Å². The highest BCUT2D eigenvalue weighted by Gasteiger charge is 2.41. The lowest BCUT2D eigenvalue weighted by atomic mass is 10.1. The summed E-state index contributed by atoms with van der Waals surface area (Å²) in [7, 11) is 0. The van der Waals surface area contributed by atoms with Crippen LogP contribution in [0.25, 0.3) is 0 Å². The van der Waals surface area contributed by atoms with Gasteiger partial charge in [0.25, 0.3) is 0 Å². The Balaban J connectivity index is 2.33. The molecule has 1 fully saturated rings. The Labute approximate surface area is 194 Å². The molecule has 0 unspecified atom stereocenters. The molecule has 0 aliphatic heterocycles. The number of carbonyl (C=O) groups is 5. The predicted octanol–water partition coefficient (Wildman–Crippen LogP) is 0.349. The van der Waals surface area contributed by atoms with E-state index >= 15 is 0 Å². The van der Waals surface area contributed by atoms with Crippen LogP contribution in [0.5, 0.6) is 0 Å². The highest BCUT2D eigenvalue weighted by atomic mass is 16.5. The van der Waals surface area contributed by atoms with Gasteiger partial charge in [0.15, 0.2) is 0 Å². The first-order chi connectivity index (χ1) is 15.5. The maximum Gasteiger partial charge on any atom is 0.303 e. The summed E-state index contributed by atoms with van der Waals surface area (Å²) in [6.45, 7) is 5.11. The molecule has 1 aliphatic rings. The highest BCUT2D eigenvalue weighted by molar-refractivity contribution is 5.92. The largest absolute Gasteiger partial charge is 0.481 e. The van der Waals surface area contributed by atoms with Crippen LogP contribution in [-0.2, 0) is 28.7 Å². The molecule has 188 valence electrons. The number of carboxylic acids is 1. The SMILES string of the molecule is CCCCCCCC(=O)N[C@@H]1C[C@@H]1O[C@@H](C)C(=O)N[C@@H](C)C(=O)N[C@H](CCC(=O)O)C(N)=O. The number of rotatable bonds is 17. The zero-order chi connectivity index (χ0) is 25.0. The van der Waals surface area contributed by atoms with Gasteiger partial charge < -0.3 is 31.5 Å². The molecule has 11 heteroatoms. The first-order valence-electron chi connectivity index (χ1n) is 11.6. The molecule has 0 radical (unpaired) electrons. The number of hydrogen-bond acceptors (Lipinski definition) is 6. The number of ether oxygens (including phenoxy) is 1. The van der Waals surface area contributed by atoms with Gasteiger partial charge in [-0.25, -0.2) is 0 Å². The fourth-order valence-electron chi connectivity index (χ4n) is 3.21. The number of carboxylic acid groups (broad SMARTS) is 1. The number of nitrogens with one attached hydrogen (secondary N) is 3. The van der Waals surface area contributed by atoms with E-state index in [4.69, 9.17) is 15.6 Å². The van der Waals surface area contributed by atoms with Crippen LogP contribution in [0.15, 0.2) is 0 Å². The van der Waals surface area contributed by atoms with Crippen molar-refractivity contribution in [1.29, 1.82) is 0 Å². The highest BCUT2D eigenvalue weighted by Crippen LogP contribution is 2.27. The molecule has 0 aromatic heterocycles. The molecule has 1 rings (SSSR count). The van der Waals surface area contributed by atoms with Crippen molar-refractivity contribution < 1.29 is 33.8 Å². The standard InChI is InChI=1S/C22H38N4O7/c1-4-5-6-7-8-9-18(27)25-16-12-17(16)33-14(3)22(32)24-13(2)21(31)26-15(20(23)30)10-11-19(28)29/h13-17H,4-12H2,1-3H3,(H2,23,30)(H,24,32)(H,25,27)(H,26,31)(H,28,29)/t13-,14-,15+,16+,17-/m0/s1. The van der Waals surface area contributed by atoms with E-state index in [1.165, 1.54) is 13.3 Å². The fourth-order valence-corrected chi connectivity index (χ4v) is 3.21. The van der Waals surface area contributed by atoms with Crippen LogP contribution >= 0.6 is 0 Å². The Kier molecular flexibility index (Phi) is 12.4. The van der Waals surface area contributed by atoms with Crippen molar-refractivity contribution >= 4 is 29.6 Å². The van der Waals surface area contributed by atoms with Crippen molar-refractivity contribution in [2.24, 2.45) is 5.73 Å². The van der Waals surface area contributed by atoms with Crippen LogP contribution < -0.4 is 21.7 Å². The summed E-state index contributed by atoms with van der Waals surface area (Å²) in [5.74, 6) is -3.18. The van der Waals surface area contributed by atoms with Crippen LogP contribution in [0, 0.1) is 0 Å². The quantitative estimate of drug-likeness (QED) is 0.190. The first kappa shape index (κ1) is 28.3. The molecular formula is C22H38N4O7. The molecule has 0 spiro atoms. The molecule has 0 saturated heterocycles. The predicted molar refractivity (Wildman–Crippen MR) is 120 cm³/mol. The molecule has 0 aromatic rings. The summed E-state index contributed by atoms with van der Waals surface area (Å²) in [6.07, 6.45) is 4.88. The second-order valence-corrected chi connectivity index (χ2v) is 8.52. The Hall–Kier alpha value is -2.69. The van der Waals surface area contributed by atoms with Crippen molar-refractivity contribution in [2.75, 3.05) is 0 Å². The average molecular weight is 471 g/mol.